The first-order chi connectivity index (χ1) is 8.18. The Morgan fingerprint density at radius 2 is 1.88 bits per heavy atom. The van der Waals surface area contributed by atoms with E-state index < -0.39 is 6.10 Å². The zero-order chi connectivity index (χ0) is 12.3. The molecule has 1 aromatic heterocycles. The van der Waals surface area contributed by atoms with Crippen molar-refractivity contribution in [2.45, 2.75) is 57.2 Å². The lowest BCUT2D eigenvalue weighted by atomic mass is 9.87. The molecule has 0 saturated heterocycles. The van der Waals surface area contributed by atoms with Gasteiger partial charge in [0, 0.05) is 16.9 Å². The minimum absolute atomic E-state index is 0.353. The molecule has 1 N–H and O–H groups in total. The first kappa shape index (κ1) is 13.1. The van der Waals surface area contributed by atoms with Gasteiger partial charge in [-0.05, 0) is 31.9 Å². The van der Waals surface area contributed by atoms with Crippen LogP contribution in [0.1, 0.15) is 54.4 Å². The largest absolute Gasteiger partial charge is 0.385 e. The SMILES string of the molecule is COC1(C(O)c2ccc(C)s2)CCCCCC1. The van der Waals surface area contributed by atoms with E-state index in [4.69, 9.17) is 4.74 Å². The number of aliphatic hydroxyl groups excluding tert-OH is 1. The molecule has 1 unspecified atom stereocenters. The lowest BCUT2D eigenvalue weighted by molar-refractivity contribution is -0.112. The number of aliphatic hydroxyl groups is 1. The van der Waals surface area contributed by atoms with E-state index in [1.165, 1.54) is 17.7 Å². The molecule has 17 heavy (non-hydrogen) atoms. The van der Waals surface area contributed by atoms with Crippen molar-refractivity contribution in [2.24, 2.45) is 0 Å². The van der Waals surface area contributed by atoms with Crippen molar-refractivity contribution in [3.63, 3.8) is 0 Å². The van der Waals surface area contributed by atoms with Gasteiger partial charge in [-0.15, -0.1) is 11.3 Å². The molecule has 0 aromatic carbocycles. The molecule has 2 nitrogen and oxygen atoms in total. The fourth-order valence-corrected chi connectivity index (χ4v) is 3.75. The molecule has 0 amide bonds. The Kier molecular flexibility index (Phi) is 4.23. The summed E-state index contributed by atoms with van der Waals surface area (Å²) in [5.74, 6) is 0. The highest BCUT2D eigenvalue weighted by Crippen LogP contribution is 2.41. The lowest BCUT2D eigenvalue weighted by Gasteiger charge is -2.35. The monoisotopic (exact) mass is 254 g/mol. The summed E-state index contributed by atoms with van der Waals surface area (Å²) >= 11 is 1.68. The third kappa shape index (κ3) is 2.72. The summed E-state index contributed by atoms with van der Waals surface area (Å²) in [6.45, 7) is 2.08. The molecule has 0 aliphatic heterocycles. The van der Waals surface area contributed by atoms with Crippen LogP contribution >= 0.6 is 11.3 Å². The molecule has 0 radical (unpaired) electrons. The van der Waals surface area contributed by atoms with E-state index in [0.29, 0.717) is 0 Å². The number of rotatable bonds is 3. The summed E-state index contributed by atoms with van der Waals surface area (Å²) < 4.78 is 5.74. The minimum Gasteiger partial charge on any atom is -0.385 e. The van der Waals surface area contributed by atoms with E-state index in [1.54, 1.807) is 18.4 Å². The maximum absolute atomic E-state index is 10.6. The van der Waals surface area contributed by atoms with Gasteiger partial charge in [-0.3, -0.25) is 0 Å². The molecule has 1 fully saturated rings. The van der Waals surface area contributed by atoms with Crippen LogP contribution in [0.3, 0.4) is 0 Å². The number of aryl methyl sites for hydroxylation is 1. The summed E-state index contributed by atoms with van der Waals surface area (Å²) in [6.07, 6.45) is 6.33. The van der Waals surface area contributed by atoms with Crippen molar-refractivity contribution in [1.29, 1.82) is 0 Å². The van der Waals surface area contributed by atoms with E-state index in [9.17, 15) is 5.11 Å². The maximum Gasteiger partial charge on any atom is 0.117 e. The zero-order valence-electron chi connectivity index (χ0n) is 10.7. The molecular weight excluding hydrogens is 232 g/mol. The molecule has 2 rings (SSSR count). The van der Waals surface area contributed by atoms with Gasteiger partial charge >= 0.3 is 0 Å². The van der Waals surface area contributed by atoms with Gasteiger partial charge in [-0.1, -0.05) is 25.7 Å². The molecule has 1 atom stereocenters. The van der Waals surface area contributed by atoms with Crippen LogP contribution in [0.5, 0.6) is 0 Å². The fourth-order valence-electron chi connectivity index (χ4n) is 2.78. The number of thiophene rings is 1. The van der Waals surface area contributed by atoms with Gasteiger partial charge in [-0.2, -0.15) is 0 Å². The van der Waals surface area contributed by atoms with Crippen LogP contribution in [0.4, 0.5) is 0 Å². The Morgan fingerprint density at radius 3 is 2.35 bits per heavy atom. The van der Waals surface area contributed by atoms with Crippen molar-refractivity contribution < 1.29 is 9.84 Å². The smallest absolute Gasteiger partial charge is 0.117 e. The second-order valence-electron chi connectivity index (χ2n) is 5.03. The molecule has 1 aliphatic carbocycles. The molecule has 0 spiro atoms. The Bertz CT molecular complexity index is 351. The third-order valence-electron chi connectivity index (χ3n) is 3.89. The number of hydrogen-bond acceptors (Lipinski definition) is 3. The van der Waals surface area contributed by atoms with E-state index in [2.05, 4.69) is 13.0 Å². The second-order valence-corrected chi connectivity index (χ2v) is 6.35. The number of methoxy groups -OCH3 is 1. The third-order valence-corrected chi connectivity index (χ3v) is 4.94. The first-order valence-electron chi connectivity index (χ1n) is 6.47. The van der Waals surface area contributed by atoms with Crippen LogP contribution < -0.4 is 0 Å². The normalized spacial score (nSPS) is 22.1. The molecule has 1 heterocycles. The Balaban J connectivity index is 2.21. The van der Waals surface area contributed by atoms with Crippen molar-refractivity contribution in [3.05, 3.63) is 21.9 Å². The van der Waals surface area contributed by atoms with E-state index >= 15 is 0 Å². The van der Waals surface area contributed by atoms with Crippen LogP contribution in [-0.2, 0) is 4.74 Å². The first-order valence-corrected chi connectivity index (χ1v) is 7.29. The summed E-state index contributed by atoms with van der Waals surface area (Å²) in [6, 6.07) is 4.11. The fraction of sp³-hybridized carbons (Fsp3) is 0.714. The van der Waals surface area contributed by atoms with E-state index in [1.807, 2.05) is 6.07 Å². The van der Waals surface area contributed by atoms with Gasteiger partial charge in [0.1, 0.15) is 6.10 Å². The molecular formula is C14H22O2S. The van der Waals surface area contributed by atoms with Crippen LogP contribution in [-0.4, -0.2) is 17.8 Å². The molecule has 3 heteroatoms. The van der Waals surface area contributed by atoms with Crippen molar-refractivity contribution in [1.82, 2.24) is 0 Å². The maximum atomic E-state index is 10.6. The van der Waals surface area contributed by atoms with Crippen LogP contribution in [0, 0.1) is 6.92 Å². The molecule has 1 saturated carbocycles. The standard InChI is InChI=1S/C14H22O2S/c1-11-7-8-12(17-11)13(15)14(16-2)9-5-3-4-6-10-14/h7-8,13,15H,3-6,9-10H2,1-2H3. The Labute approximate surface area is 108 Å². The van der Waals surface area contributed by atoms with Gasteiger partial charge in [-0.25, -0.2) is 0 Å². The predicted molar refractivity (Wildman–Crippen MR) is 71.5 cm³/mol. The second kappa shape index (κ2) is 5.51. The average Bonchev–Trinajstić information content (AvgIpc) is 2.64. The molecule has 0 bridgehead atoms. The van der Waals surface area contributed by atoms with Gasteiger partial charge in [0.15, 0.2) is 0 Å². The van der Waals surface area contributed by atoms with Gasteiger partial charge < -0.3 is 9.84 Å². The highest BCUT2D eigenvalue weighted by Gasteiger charge is 2.39. The summed E-state index contributed by atoms with van der Waals surface area (Å²) in [4.78, 5) is 2.30. The van der Waals surface area contributed by atoms with Crippen LogP contribution in [0.2, 0.25) is 0 Å². The molecule has 96 valence electrons. The molecule has 1 aromatic rings. The Hall–Kier alpha value is -0.380. The minimum atomic E-state index is -0.468. The van der Waals surface area contributed by atoms with E-state index in [0.717, 1.165) is 30.6 Å². The van der Waals surface area contributed by atoms with Crippen molar-refractivity contribution >= 4 is 11.3 Å². The predicted octanol–water partition coefficient (Wildman–Crippen LogP) is 3.83. The molecule has 1 aliphatic rings. The van der Waals surface area contributed by atoms with Gasteiger partial charge in [0.05, 0.1) is 5.60 Å². The highest BCUT2D eigenvalue weighted by atomic mass is 32.1. The highest BCUT2D eigenvalue weighted by molar-refractivity contribution is 7.12. The van der Waals surface area contributed by atoms with Crippen LogP contribution in [0.15, 0.2) is 12.1 Å². The van der Waals surface area contributed by atoms with Gasteiger partial charge in [0.2, 0.25) is 0 Å². The number of ether oxygens (including phenoxy) is 1. The lowest BCUT2D eigenvalue weighted by Crippen LogP contribution is -2.37. The van der Waals surface area contributed by atoms with Gasteiger partial charge in [0.25, 0.3) is 0 Å². The zero-order valence-corrected chi connectivity index (χ0v) is 11.6. The van der Waals surface area contributed by atoms with Crippen molar-refractivity contribution in [3.8, 4) is 0 Å². The quantitative estimate of drug-likeness (QED) is 0.831. The van der Waals surface area contributed by atoms with Crippen LogP contribution in [0.25, 0.3) is 0 Å². The summed E-state index contributed by atoms with van der Waals surface area (Å²) in [5.41, 5.74) is -0.353. The Morgan fingerprint density at radius 1 is 1.24 bits per heavy atom. The topological polar surface area (TPSA) is 29.5 Å². The average molecular weight is 254 g/mol. The number of hydrogen-bond donors (Lipinski definition) is 1. The van der Waals surface area contributed by atoms with E-state index in [-0.39, 0.29) is 5.60 Å². The van der Waals surface area contributed by atoms with Crippen molar-refractivity contribution in [2.75, 3.05) is 7.11 Å². The summed E-state index contributed by atoms with van der Waals surface area (Å²) in [7, 11) is 1.75. The summed E-state index contributed by atoms with van der Waals surface area (Å²) in [5, 5.41) is 10.6.